The predicted octanol–water partition coefficient (Wildman–Crippen LogP) is 11.6. The normalized spacial score (nSPS) is 11.6. The van der Waals surface area contributed by atoms with Crippen LogP contribution >= 0.6 is 0 Å². The zero-order valence-corrected chi connectivity index (χ0v) is 23.3. The minimum atomic E-state index is 0.655. The van der Waals surface area contributed by atoms with Crippen LogP contribution in [0.25, 0.3) is 10.8 Å². The average molecular weight is 500 g/mol. The summed E-state index contributed by atoms with van der Waals surface area (Å²) in [6.07, 6.45) is 23.7. The fraction of sp³-hybridized carbons (Fsp3) is 0.529. The molecule has 3 heteroatoms. The molecular weight excluding hydrogens is 450 g/mol. The molecule has 3 aromatic carbocycles. The molecule has 0 bridgehead atoms. The van der Waals surface area contributed by atoms with Gasteiger partial charge in [-0.1, -0.05) is 146 Å². The van der Waals surface area contributed by atoms with E-state index >= 15 is 0 Å². The summed E-state index contributed by atoms with van der Waals surface area (Å²) in [5, 5.41) is 11.1. The zero-order valence-electron chi connectivity index (χ0n) is 23.3. The van der Waals surface area contributed by atoms with E-state index < -0.39 is 0 Å². The van der Waals surface area contributed by atoms with Gasteiger partial charge in [0.25, 0.3) is 0 Å². The van der Waals surface area contributed by atoms with Crippen molar-refractivity contribution >= 4 is 27.8 Å². The second-order valence-corrected chi connectivity index (χ2v) is 10.6. The van der Waals surface area contributed by atoms with Gasteiger partial charge in [0.1, 0.15) is 5.69 Å². The molecule has 3 nitrogen and oxygen atoms in total. The van der Waals surface area contributed by atoms with Crippen LogP contribution in [0.5, 0.6) is 0 Å². The molecule has 200 valence electrons. The van der Waals surface area contributed by atoms with Gasteiger partial charge in [-0.15, -0.1) is 5.11 Å². The summed E-state index contributed by atoms with van der Waals surface area (Å²) in [6, 6.07) is 20.6. The van der Waals surface area contributed by atoms with Crippen LogP contribution in [0.15, 0.2) is 70.9 Å². The van der Waals surface area contributed by atoms with Crippen molar-refractivity contribution in [2.24, 2.45) is 10.2 Å². The van der Waals surface area contributed by atoms with Crippen LogP contribution in [-0.4, -0.2) is 0 Å². The smallest absolute Gasteiger partial charge is 0.116 e. The highest BCUT2D eigenvalue weighted by Gasteiger charge is 2.04. The number of benzene rings is 3. The molecule has 0 radical (unpaired) electrons. The van der Waals surface area contributed by atoms with E-state index in [9.17, 15) is 0 Å². The van der Waals surface area contributed by atoms with E-state index in [1.165, 1.54) is 108 Å². The number of unbranched alkanes of at least 4 members (excludes halogenated alkanes) is 15. The van der Waals surface area contributed by atoms with E-state index in [0.29, 0.717) is 5.69 Å². The van der Waals surface area contributed by atoms with E-state index in [-0.39, 0.29) is 0 Å². The Morgan fingerprint density at radius 3 is 1.68 bits per heavy atom. The van der Waals surface area contributed by atoms with Gasteiger partial charge in [-0.3, -0.25) is 0 Å². The summed E-state index contributed by atoms with van der Waals surface area (Å²) in [7, 11) is 0. The molecule has 0 aromatic heterocycles. The Labute approximate surface area is 226 Å². The molecule has 0 unspecified atom stereocenters. The van der Waals surface area contributed by atoms with Crippen molar-refractivity contribution in [3.8, 4) is 0 Å². The molecule has 0 aliphatic rings. The first-order valence-corrected chi connectivity index (χ1v) is 15.1. The maximum Gasteiger partial charge on any atom is 0.116 e. The number of rotatable bonds is 19. The van der Waals surface area contributed by atoms with E-state index in [1.54, 1.807) is 0 Å². The molecule has 2 N–H and O–H groups in total. The summed E-state index contributed by atoms with van der Waals surface area (Å²) in [5.41, 5.74) is 9.82. The summed E-state index contributed by atoms with van der Waals surface area (Å²) < 4.78 is 0. The summed E-state index contributed by atoms with van der Waals surface area (Å²) in [5.74, 6) is 0. The van der Waals surface area contributed by atoms with Crippen molar-refractivity contribution < 1.29 is 0 Å². The van der Waals surface area contributed by atoms with Crippen LogP contribution in [0.3, 0.4) is 0 Å². The topological polar surface area (TPSA) is 50.7 Å². The summed E-state index contributed by atoms with van der Waals surface area (Å²) in [6.45, 7) is 2.29. The number of nitrogens with two attached hydrogens (primary N) is 1. The number of anilines is 1. The van der Waals surface area contributed by atoms with Crippen molar-refractivity contribution in [3.05, 3.63) is 66.2 Å². The van der Waals surface area contributed by atoms with Gasteiger partial charge in [0.05, 0.1) is 11.4 Å². The van der Waals surface area contributed by atoms with Crippen molar-refractivity contribution in [3.63, 3.8) is 0 Å². The molecule has 0 saturated heterocycles. The molecule has 0 spiro atoms. The van der Waals surface area contributed by atoms with Gasteiger partial charge in [0, 0.05) is 5.39 Å². The molecule has 0 saturated carbocycles. The van der Waals surface area contributed by atoms with Gasteiger partial charge in [-0.2, -0.15) is 5.11 Å². The lowest BCUT2D eigenvalue weighted by Crippen LogP contribution is -1.87. The average Bonchev–Trinajstić information content (AvgIpc) is 2.93. The maximum absolute atomic E-state index is 6.17. The van der Waals surface area contributed by atoms with Crippen LogP contribution in [-0.2, 0) is 6.42 Å². The Morgan fingerprint density at radius 2 is 1.08 bits per heavy atom. The maximum atomic E-state index is 6.17. The number of nitrogens with zero attached hydrogens (tertiary/aromatic N) is 2. The van der Waals surface area contributed by atoms with Gasteiger partial charge in [-0.05, 0) is 42.0 Å². The van der Waals surface area contributed by atoms with Crippen molar-refractivity contribution in [2.75, 3.05) is 5.73 Å². The Balaban J connectivity index is 1.22. The van der Waals surface area contributed by atoms with Crippen LogP contribution in [0.4, 0.5) is 17.1 Å². The molecule has 0 fully saturated rings. The Morgan fingerprint density at radius 1 is 0.541 bits per heavy atom. The van der Waals surface area contributed by atoms with Gasteiger partial charge >= 0.3 is 0 Å². The minimum absolute atomic E-state index is 0.655. The third-order valence-corrected chi connectivity index (χ3v) is 7.45. The van der Waals surface area contributed by atoms with E-state index in [4.69, 9.17) is 5.73 Å². The van der Waals surface area contributed by atoms with Gasteiger partial charge in [0.15, 0.2) is 0 Å². The standard InChI is InChI=1S/C34H49N3/c1-2-3-4-5-6-7-8-9-10-11-12-13-14-15-16-17-20-29-23-26-31(27-24-29)36-37-34-32-22-19-18-21-30(32)25-28-33(34)35/h18-19,21-28H,2-17,20,35H2,1H3. The molecule has 0 heterocycles. The minimum Gasteiger partial charge on any atom is -0.397 e. The van der Waals surface area contributed by atoms with E-state index in [1.807, 2.05) is 30.3 Å². The quantitative estimate of drug-likeness (QED) is 0.0994. The molecule has 37 heavy (non-hydrogen) atoms. The third kappa shape index (κ3) is 11.1. The predicted molar refractivity (Wildman–Crippen MR) is 162 cm³/mol. The second kappa shape index (κ2) is 17.7. The van der Waals surface area contributed by atoms with Crippen LogP contribution in [0.2, 0.25) is 0 Å². The Hall–Kier alpha value is -2.68. The lowest BCUT2D eigenvalue weighted by atomic mass is 10.0. The number of hydrogen-bond acceptors (Lipinski definition) is 3. The number of aryl methyl sites for hydroxylation is 1. The van der Waals surface area contributed by atoms with Crippen molar-refractivity contribution in [2.45, 2.75) is 116 Å². The number of azo groups is 1. The van der Waals surface area contributed by atoms with Crippen molar-refractivity contribution in [1.82, 2.24) is 0 Å². The van der Waals surface area contributed by atoms with Crippen LogP contribution in [0, 0.1) is 0 Å². The molecule has 0 amide bonds. The fourth-order valence-electron chi connectivity index (χ4n) is 5.10. The van der Waals surface area contributed by atoms with Crippen LogP contribution in [0.1, 0.15) is 115 Å². The van der Waals surface area contributed by atoms with E-state index in [0.717, 1.165) is 28.6 Å². The molecule has 3 aromatic rings. The molecule has 3 rings (SSSR count). The monoisotopic (exact) mass is 499 g/mol. The van der Waals surface area contributed by atoms with Gasteiger partial charge in [-0.25, -0.2) is 0 Å². The first-order valence-electron chi connectivity index (χ1n) is 15.1. The number of nitrogen functional groups attached to an aromatic ring is 1. The molecule has 0 aliphatic carbocycles. The van der Waals surface area contributed by atoms with E-state index in [2.05, 4.69) is 47.5 Å². The second-order valence-electron chi connectivity index (χ2n) is 10.6. The Bertz CT molecular complexity index is 1040. The highest BCUT2D eigenvalue weighted by atomic mass is 15.1. The Kier molecular flexibility index (Phi) is 13.8. The highest BCUT2D eigenvalue weighted by molar-refractivity contribution is 5.97. The first kappa shape index (κ1) is 28.9. The third-order valence-electron chi connectivity index (χ3n) is 7.45. The number of fused-ring (bicyclic) bond motifs is 1. The SMILES string of the molecule is CCCCCCCCCCCCCCCCCCc1ccc(N=Nc2c(N)ccc3ccccc23)cc1. The summed E-state index contributed by atoms with van der Waals surface area (Å²) in [4.78, 5) is 0. The summed E-state index contributed by atoms with van der Waals surface area (Å²) >= 11 is 0. The fourth-order valence-corrected chi connectivity index (χ4v) is 5.10. The molecule has 0 aliphatic heterocycles. The largest absolute Gasteiger partial charge is 0.397 e. The molecular formula is C34H49N3. The van der Waals surface area contributed by atoms with Crippen LogP contribution < -0.4 is 5.73 Å². The highest BCUT2D eigenvalue weighted by Crippen LogP contribution is 2.33. The lowest BCUT2D eigenvalue weighted by molar-refractivity contribution is 0.529. The first-order chi connectivity index (χ1) is 18.3. The molecule has 0 atom stereocenters. The van der Waals surface area contributed by atoms with Gasteiger partial charge < -0.3 is 5.73 Å². The zero-order chi connectivity index (χ0) is 26.0. The van der Waals surface area contributed by atoms with Gasteiger partial charge in [0.2, 0.25) is 0 Å². The number of hydrogen-bond donors (Lipinski definition) is 1. The lowest BCUT2D eigenvalue weighted by Gasteiger charge is -2.05. The van der Waals surface area contributed by atoms with Crippen molar-refractivity contribution in [1.29, 1.82) is 0 Å².